The molecule has 236 valence electrons. The SMILES string of the molecule is O=C(Nc1ccc(N2CCN(S(=O)(=O)C(F)(F)F)CC2)cc1C(=O)NCc1ncc(C(F)(F)F)cc1Cl)c1ccccc1Cl. The average molecular weight is 684 g/mol. The Morgan fingerprint density at radius 1 is 0.864 bits per heavy atom. The van der Waals surface area contributed by atoms with Crippen LogP contribution in [-0.2, 0) is 22.7 Å². The lowest BCUT2D eigenvalue weighted by Gasteiger charge is -2.35. The fourth-order valence-corrected chi connectivity index (χ4v) is 5.60. The highest BCUT2D eigenvalue weighted by atomic mass is 35.5. The first kappa shape index (κ1) is 33.3. The largest absolute Gasteiger partial charge is 0.511 e. The first-order chi connectivity index (χ1) is 20.5. The van der Waals surface area contributed by atoms with E-state index in [2.05, 4.69) is 15.6 Å². The van der Waals surface area contributed by atoms with Gasteiger partial charge in [-0.3, -0.25) is 14.6 Å². The summed E-state index contributed by atoms with van der Waals surface area (Å²) in [5, 5.41) is 4.82. The van der Waals surface area contributed by atoms with Gasteiger partial charge in [0.15, 0.2) is 0 Å². The van der Waals surface area contributed by atoms with E-state index in [1.165, 1.54) is 30.3 Å². The molecule has 2 N–H and O–H groups in total. The molecule has 1 fully saturated rings. The molecule has 0 bridgehead atoms. The van der Waals surface area contributed by atoms with Gasteiger partial charge in [-0.1, -0.05) is 35.3 Å². The zero-order valence-electron chi connectivity index (χ0n) is 22.1. The van der Waals surface area contributed by atoms with Crippen LogP contribution in [0.25, 0.3) is 0 Å². The summed E-state index contributed by atoms with van der Waals surface area (Å²) >= 11 is 12.0. The van der Waals surface area contributed by atoms with Gasteiger partial charge in [0.05, 0.1) is 44.7 Å². The molecule has 4 rings (SSSR count). The summed E-state index contributed by atoms with van der Waals surface area (Å²) < 4.78 is 102. The van der Waals surface area contributed by atoms with Crippen molar-refractivity contribution in [2.75, 3.05) is 36.4 Å². The number of alkyl halides is 6. The van der Waals surface area contributed by atoms with Gasteiger partial charge in [0.25, 0.3) is 11.8 Å². The second-order valence-electron chi connectivity index (χ2n) is 9.33. The van der Waals surface area contributed by atoms with E-state index in [0.717, 1.165) is 0 Å². The van der Waals surface area contributed by atoms with Crippen LogP contribution in [0.4, 0.5) is 37.7 Å². The van der Waals surface area contributed by atoms with Gasteiger partial charge in [-0.15, -0.1) is 0 Å². The third-order valence-corrected chi connectivity index (χ3v) is 8.80. The minimum absolute atomic E-state index is 0.000861. The maximum atomic E-state index is 13.3. The number of anilines is 2. The van der Waals surface area contributed by atoms with E-state index in [4.69, 9.17) is 23.2 Å². The monoisotopic (exact) mass is 683 g/mol. The predicted molar refractivity (Wildman–Crippen MR) is 150 cm³/mol. The fraction of sp³-hybridized carbons (Fsp3) is 0.269. The summed E-state index contributed by atoms with van der Waals surface area (Å²) in [6.07, 6.45) is -4.13. The van der Waals surface area contributed by atoms with Crippen molar-refractivity contribution in [3.8, 4) is 0 Å². The Hall–Kier alpha value is -3.60. The normalized spacial score (nSPS) is 14.8. The lowest BCUT2D eigenvalue weighted by Crippen LogP contribution is -2.52. The van der Waals surface area contributed by atoms with Crippen molar-refractivity contribution in [3.05, 3.63) is 87.2 Å². The highest BCUT2D eigenvalue weighted by molar-refractivity contribution is 7.90. The molecule has 9 nitrogen and oxygen atoms in total. The molecule has 1 saturated heterocycles. The number of nitrogens with one attached hydrogen (secondary N) is 2. The van der Waals surface area contributed by atoms with Crippen molar-refractivity contribution in [1.29, 1.82) is 0 Å². The van der Waals surface area contributed by atoms with Crippen molar-refractivity contribution in [2.24, 2.45) is 0 Å². The number of pyridine rings is 1. The molecule has 1 aliphatic rings. The summed E-state index contributed by atoms with van der Waals surface area (Å²) in [4.78, 5) is 31.5. The summed E-state index contributed by atoms with van der Waals surface area (Å²) in [5.41, 5.74) is -6.33. The van der Waals surface area contributed by atoms with Gasteiger partial charge in [-0.2, -0.15) is 30.6 Å². The lowest BCUT2D eigenvalue weighted by atomic mass is 10.1. The van der Waals surface area contributed by atoms with Gasteiger partial charge in [0, 0.05) is 38.1 Å². The van der Waals surface area contributed by atoms with Crippen LogP contribution >= 0.6 is 23.2 Å². The number of carbonyl (C=O) groups excluding carboxylic acids is 2. The average Bonchev–Trinajstić information content (AvgIpc) is 2.95. The number of aromatic nitrogens is 1. The van der Waals surface area contributed by atoms with Gasteiger partial charge in [-0.05, 0) is 36.4 Å². The van der Waals surface area contributed by atoms with E-state index in [0.29, 0.717) is 22.3 Å². The van der Waals surface area contributed by atoms with Crippen LogP contribution in [0.15, 0.2) is 54.7 Å². The van der Waals surface area contributed by atoms with Crippen LogP contribution in [0.2, 0.25) is 10.0 Å². The highest BCUT2D eigenvalue weighted by Crippen LogP contribution is 2.32. The molecule has 0 saturated carbocycles. The van der Waals surface area contributed by atoms with Gasteiger partial charge < -0.3 is 15.5 Å². The molecular formula is C26H21Cl2F6N5O4S. The molecule has 0 spiro atoms. The summed E-state index contributed by atoms with van der Waals surface area (Å²) in [7, 11) is -5.52. The summed E-state index contributed by atoms with van der Waals surface area (Å²) in [6, 6.07) is 10.9. The van der Waals surface area contributed by atoms with Crippen molar-refractivity contribution in [2.45, 2.75) is 18.2 Å². The maximum absolute atomic E-state index is 13.3. The Morgan fingerprint density at radius 2 is 1.52 bits per heavy atom. The van der Waals surface area contributed by atoms with Crippen LogP contribution < -0.4 is 15.5 Å². The van der Waals surface area contributed by atoms with E-state index in [1.54, 1.807) is 17.0 Å². The van der Waals surface area contributed by atoms with E-state index < -0.39 is 58.7 Å². The number of benzene rings is 2. The van der Waals surface area contributed by atoms with Gasteiger partial charge >= 0.3 is 21.7 Å². The number of sulfonamides is 1. The summed E-state index contributed by atoms with van der Waals surface area (Å²) in [6.45, 7) is -1.65. The molecule has 2 heterocycles. The molecule has 0 aliphatic carbocycles. The molecule has 1 aromatic heterocycles. The van der Waals surface area contributed by atoms with Crippen LogP contribution in [0.5, 0.6) is 0 Å². The topological polar surface area (TPSA) is 112 Å². The Labute approximate surface area is 256 Å². The van der Waals surface area contributed by atoms with Crippen LogP contribution in [0, 0.1) is 0 Å². The number of carbonyl (C=O) groups is 2. The molecule has 0 unspecified atom stereocenters. The third-order valence-electron chi connectivity index (χ3n) is 6.51. The van der Waals surface area contributed by atoms with Crippen LogP contribution in [0.1, 0.15) is 32.0 Å². The zero-order valence-corrected chi connectivity index (χ0v) is 24.5. The van der Waals surface area contributed by atoms with E-state index in [9.17, 15) is 44.3 Å². The second-order valence-corrected chi connectivity index (χ2v) is 12.1. The number of amides is 2. The molecule has 0 radical (unpaired) electrons. The number of hydrogen-bond donors (Lipinski definition) is 2. The van der Waals surface area contributed by atoms with Crippen molar-refractivity contribution in [3.63, 3.8) is 0 Å². The molecule has 44 heavy (non-hydrogen) atoms. The van der Waals surface area contributed by atoms with E-state index in [1.807, 2.05) is 0 Å². The highest BCUT2D eigenvalue weighted by Gasteiger charge is 2.50. The van der Waals surface area contributed by atoms with Gasteiger partial charge in [0.2, 0.25) is 0 Å². The fourth-order valence-electron chi connectivity index (χ4n) is 4.20. The lowest BCUT2D eigenvalue weighted by molar-refractivity contribution is -0.137. The first-order valence-corrected chi connectivity index (χ1v) is 14.7. The number of nitrogens with zero attached hydrogens (tertiary/aromatic N) is 3. The molecule has 1 aliphatic heterocycles. The molecule has 2 amide bonds. The van der Waals surface area contributed by atoms with Gasteiger partial charge in [0.1, 0.15) is 0 Å². The molecular weight excluding hydrogens is 663 g/mol. The molecule has 18 heteroatoms. The zero-order chi connectivity index (χ0) is 32.4. The Morgan fingerprint density at radius 3 is 2.11 bits per heavy atom. The summed E-state index contributed by atoms with van der Waals surface area (Å²) in [5.74, 6) is -1.48. The second kappa shape index (κ2) is 12.8. The number of halogens is 8. The number of piperazine rings is 1. The minimum atomic E-state index is -5.52. The smallest absolute Gasteiger partial charge is 0.369 e. The Kier molecular flexibility index (Phi) is 9.68. The quantitative estimate of drug-likeness (QED) is 0.316. The molecule has 0 atom stereocenters. The maximum Gasteiger partial charge on any atom is 0.511 e. The number of hydrogen-bond acceptors (Lipinski definition) is 6. The third kappa shape index (κ3) is 7.36. The Bertz CT molecular complexity index is 1680. The van der Waals surface area contributed by atoms with E-state index in [-0.39, 0.29) is 45.6 Å². The molecule has 3 aromatic rings. The predicted octanol–water partition coefficient (Wildman–Crippen LogP) is 5.56. The molecule has 2 aromatic carbocycles. The van der Waals surface area contributed by atoms with Crippen molar-refractivity contribution in [1.82, 2.24) is 14.6 Å². The van der Waals surface area contributed by atoms with Crippen molar-refractivity contribution >= 4 is 56.4 Å². The van der Waals surface area contributed by atoms with Gasteiger partial charge in [-0.25, -0.2) is 8.42 Å². The first-order valence-electron chi connectivity index (χ1n) is 12.5. The van der Waals surface area contributed by atoms with Crippen LogP contribution in [0.3, 0.4) is 0 Å². The minimum Gasteiger partial charge on any atom is -0.369 e. The van der Waals surface area contributed by atoms with E-state index >= 15 is 0 Å². The van der Waals surface area contributed by atoms with Crippen molar-refractivity contribution < 1.29 is 44.3 Å². The number of rotatable bonds is 7. The standard InChI is InChI=1S/C26H21Cl2F6N5O4S/c27-19-4-2-1-3-17(19)24(41)37-21-6-5-16(38-7-9-39(10-8-38)44(42,43)26(32,33)34)12-18(21)23(40)36-14-22-20(28)11-15(13-35-22)25(29,30)31/h1-6,11-13H,7-10,14H2,(H,36,40)(H,37,41). The Balaban J connectivity index is 1.59. The van der Waals surface area contributed by atoms with Crippen LogP contribution in [-0.4, -0.2) is 61.2 Å².